The van der Waals surface area contributed by atoms with Gasteiger partial charge in [0, 0.05) is 6.54 Å². The van der Waals surface area contributed by atoms with Crippen molar-refractivity contribution in [3.63, 3.8) is 0 Å². The summed E-state index contributed by atoms with van der Waals surface area (Å²) in [5, 5.41) is 17.5. The first-order valence-corrected chi connectivity index (χ1v) is 5.21. The molecule has 15 heavy (non-hydrogen) atoms. The number of rotatable bonds is 8. The lowest BCUT2D eigenvalue weighted by Gasteiger charge is -2.26. The van der Waals surface area contributed by atoms with E-state index >= 15 is 0 Å². The van der Waals surface area contributed by atoms with Crippen LogP contribution in [-0.2, 0) is 9.59 Å². The van der Waals surface area contributed by atoms with Gasteiger partial charge in [-0.05, 0) is 13.0 Å². The van der Waals surface area contributed by atoms with E-state index in [1.807, 2.05) is 13.8 Å². The van der Waals surface area contributed by atoms with E-state index in [9.17, 15) is 9.59 Å². The molecule has 0 rings (SSSR count). The number of aliphatic carboxylic acids is 2. The van der Waals surface area contributed by atoms with Crippen LogP contribution >= 0.6 is 0 Å². The topological polar surface area (TPSA) is 77.8 Å². The molecule has 88 valence electrons. The van der Waals surface area contributed by atoms with Gasteiger partial charge < -0.3 is 10.2 Å². The summed E-state index contributed by atoms with van der Waals surface area (Å²) in [4.78, 5) is 23.0. The van der Waals surface area contributed by atoms with E-state index in [2.05, 4.69) is 0 Å². The van der Waals surface area contributed by atoms with Crippen molar-refractivity contribution in [2.45, 2.75) is 39.2 Å². The van der Waals surface area contributed by atoms with Crippen molar-refractivity contribution in [1.29, 1.82) is 0 Å². The maximum absolute atomic E-state index is 10.9. The molecule has 0 aliphatic carbocycles. The average Bonchev–Trinajstić information content (AvgIpc) is 2.16. The summed E-state index contributed by atoms with van der Waals surface area (Å²) in [5.41, 5.74) is 0. The maximum Gasteiger partial charge on any atom is 0.320 e. The monoisotopic (exact) mass is 217 g/mol. The minimum absolute atomic E-state index is 0.0126. The third-order valence-corrected chi connectivity index (χ3v) is 2.31. The van der Waals surface area contributed by atoms with Gasteiger partial charge in [-0.2, -0.15) is 0 Å². The molecular weight excluding hydrogens is 198 g/mol. The molecule has 0 radical (unpaired) electrons. The van der Waals surface area contributed by atoms with Crippen molar-refractivity contribution in [2.24, 2.45) is 0 Å². The second kappa shape index (κ2) is 7.23. The molecule has 5 heteroatoms. The highest BCUT2D eigenvalue weighted by Gasteiger charge is 2.23. The predicted octanol–water partition coefficient (Wildman–Crippen LogP) is 1.04. The molecule has 0 saturated heterocycles. The third-order valence-electron chi connectivity index (χ3n) is 2.31. The fourth-order valence-corrected chi connectivity index (χ4v) is 1.51. The Balaban J connectivity index is 4.30. The molecule has 0 heterocycles. The lowest BCUT2D eigenvalue weighted by molar-refractivity contribution is -0.145. The first kappa shape index (κ1) is 13.9. The molecule has 0 saturated carbocycles. The summed E-state index contributed by atoms with van der Waals surface area (Å²) < 4.78 is 0. The van der Waals surface area contributed by atoms with Gasteiger partial charge in [0.2, 0.25) is 0 Å². The number of nitrogens with zero attached hydrogens (tertiary/aromatic N) is 1. The molecule has 0 spiro atoms. The SMILES string of the molecule is CCCC(C(=O)O)N(CC)CCC(=O)O. The van der Waals surface area contributed by atoms with Crippen molar-refractivity contribution in [2.75, 3.05) is 13.1 Å². The van der Waals surface area contributed by atoms with Crippen LogP contribution in [-0.4, -0.2) is 46.2 Å². The smallest absolute Gasteiger partial charge is 0.320 e. The molecule has 1 unspecified atom stereocenters. The van der Waals surface area contributed by atoms with E-state index in [1.54, 1.807) is 4.90 Å². The third kappa shape index (κ3) is 5.37. The molecule has 1 atom stereocenters. The normalized spacial score (nSPS) is 12.7. The molecule has 0 fully saturated rings. The Hall–Kier alpha value is -1.10. The lowest BCUT2D eigenvalue weighted by atomic mass is 10.1. The molecule has 0 aromatic heterocycles. The number of hydrogen-bond donors (Lipinski definition) is 2. The molecule has 0 aliphatic heterocycles. The molecule has 5 nitrogen and oxygen atoms in total. The Kier molecular flexibility index (Phi) is 6.70. The number of carboxylic acids is 2. The van der Waals surface area contributed by atoms with Crippen LogP contribution in [0.3, 0.4) is 0 Å². The van der Waals surface area contributed by atoms with Gasteiger partial charge in [0.15, 0.2) is 0 Å². The number of hydrogen-bond acceptors (Lipinski definition) is 3. The summed E-state index contributed by atoms with van der Waals surface area (Å²) in [6, 6.07) is -0.556. The van der Waals surface area contributed by atoms with E-state index in [-0.39, 0.29) is 6.42 Å². The molecule has 0 bridgehead atoms. The van der Waals surface area contributed by atoms with Gasteiger partial charge in [0.25, 0.3) is 0 Å². The van der Waals surface area contributed by atoms with Crippen LogP contribution in [0, 0.1) is 0 Å². The summed E-state index contributed by atoms with van der Waals surface area (Å²) in [6.07, 6.45) is 1.32. The van der Waals surface area contributed by atoms with Gasteiger partial charge in [-0.15, -0.1) is 0 Å². The minimum Gasteiger partial charge on any atom is -0.481 e. The summed E-state index contributed by atoms with van der Waals surface area (Å²) in [7, 11) is 0. The van der Waals surface area contributed by atoms with E-state index in [4.69, 9.17) is 10.2 Å². The van der Waals surface area contributed by atoms with E-state index in [0.717, 1.165) is 6.42 Å². The Labute approximate surface area is 89.7 Å². The molecule has 0 aromatic carbocycles. The van der Waals surface area contributed by atoms with E-state index in [0.29, 0.717) is 19.5 Å². The van der Waals surface area contributed by atoms with Crippen molar-refractivity contribution in [1.82, 2.24) is 4.90 Å². The highest BCUT2D eigenvalue weighted by atomic mass is 16.4. The number of carboxylic acid groups (broad SMARTS) is 2. The highest BCUT2D eigenvalue weighted by molar-refractivity contribution is 5.73. The second-order valence-electron chi connectivity index (χ2n) is 3.42. The van der Waals surface area contributed by atoms with Crippen molar-refractivity contribution >= 4 is 11.9 Å². The summed E-state index contributed by atoms with van der Waals surface area (Å²) in [6.45, 7) is 4.61. The molecule has 2 N–H and O–H groups in total. The fraction of sp³-hybridized carbons (Fsp3) is 0.800. The van der Waals surface area contributed by atoms with Gasteiger partial charge in [-0.25, -0.2) is 0 Å². The average molecular weight is 217 g/mol. The van der Waals surface area contributed by atoms with Crippen LogP contribution in [0.2, 0.25) is 0 Å². The largest absolute Gasteiger partial charge is 0.481 e. The Morgan fingerprint density at radius 2 is 1.87 bits per heavy atom. The van der Waals surface area contributed by atoms with Crippen LogP contribution in [0.4, 0.5) is 0 Å². The number of carbonyl (C=O) groups is 2. The molecule has 0 aromatic rings. The zero-order chi connectivity index (χ0) is 11.8. The van der Waals surface area contributed by atoms with Crippen LogP contribution in [0.5, 0.6) is 0 Å². The van der Waals surface area contributed by atoms with Crippen molar-refractivity contribution in [3.05, 3.63) is 0 Å². The first-order valence-electron chi connectivity index (χ1n) is 5.21. The standard InChI is InChI=1S/C10H19NO4/c1-3-5-8(10(14)15)11(4-2)7-6-9(12)13/h8H,3-7H2,1-2H3,(H,12,13)(H,14,15). The second-order valence-corrected chi connectivity index (χ2v) is 3.42. The molecule has 0 amide bonds. The van der Waals surface area contributed by atoms with Gasteiger partial charge in [-0.3, -0.25) is 14.5 Å². The Bertz CT molecular complexity index is 217. The van der Waals surface area contributed by atoms with Gasteiger partial charge in [0.1, 0.15) is 6.04 Å². The summed E-state index contributed by atoms with van der Waals surface area (Å²) in [5.74, 6) is -1.77. The van der Waals surface area contributed by atoms with E-state index < -0.39 is 18.0 Å². The first-order chi connectivity index (χ1) is 7.02. The maximum atomic E-state index is 10.9. The Morgan fingerprint density at radius 1 is 1.27 bits per heavy atom. The quantitative estimate of drug-likeness (QED) is 0.635. The summed E-state index contributed by atoms with van der Waals surface area (Å²) >= 11 is 0. The predicted molar refractivity (Wildman–Crippen MR) is 55.8 cm³/mol. The van der Waals surface area contributed by atoms with Gasteiger partial charge >= 0.3 is 11.9 Å². The molecular formula is C10H19NO4. The Morgan fingerprint density at radius 3 is 2.20 bits per heavy atom. The van der Waals surface area contributed by atoms with Gasteiger partial charge in [0.05, 0.1) is 6.42 Å². The zero-order valence-electron chi connectivity index (χ0n) is 9.27. The fourth-order valence-electron chi connectivity index (χ4n) is 1.51. The highest BCUT2D eigenvalue weighted by Crippen LogP contribution is 2.08. The minimum atomic E-state index is -0.894. The van der Waals surface area contributed by atoms with Crippen molar-refractivity contribution in [3.8, 4) is 0 Å². The molecule has 0 aliphatic rings. The van der Waals surface area contributed by atoms with Crippen LogP contribution in [0.25, 0.3) is 0 Å². The van der Waals surface area contributed by atoms with Crippen LogP contribution in [0.1, 0.15) is 33.1 Å². The van der Waals surface area contributed by atoms with E-state index in [1.165, 1.54) is 0 Å². The van der Waals surface area contributed by atoms with Crippen LogP contribution < -0.4 is 0 Å². The number of likely N-dealkylation sites (N-methyl/N-ethyl adjacent to an activating group) is 1. The van der Waals surface area contributed by atoms with Crippen molar-refractivity contribution < 1.29 is 19.8 Å². The lowest BCUT2D eigenvalue weighted by Crippen LogP contribution is -2.42. The zero-order valence-corrected chi connectivity index (χ0v) is 9.27. The van der Waals surface area contributed by atoms with Crippen LogP contribution in [0.15, 0.2) is 0 Å². The van der Waals surface area contributed by atoms with Gasteiger partial charge in [-0.1, -0.05) is 20.3 Å².